The number of rotatable bonds is 2. The molecule has 1 aromatic carbocycles. The SMILES string of the molecule is CSC1=N/C(=C\C(C)=C\c2ccccc2)C(=O)S1. The molecule has 4 heteroatoms. The first kappa shape index (κ1) is 13.2. The van der Waals surface area contributed by atoms with Crippen molar-refractivity contribution in [2.24, 2.45) is 4.99 Å². The zero-order valence-electron chi connectivity index (χ0n) is 10.2. The molecule has 0 atom stereocenters. The second-order valence-corrected chi connectivity index (χ2v) is 5.81. The molecule has 2 rings (SSSR count). The van der Waals surface area contributed by atoms with Crippen LogP contribution in [0.4, 0.5) is 0 Å². The first-order valence-corrected chi connectivity index (χ1v) is 7.53. The van der Waals surface area contributed by atoms with Crippen LogP contribution in [0.1, 0.15) is 12.5 Å². The molecule has 0 amide bonds. The Balaban J connectivity index is 2.21. The van der Waals surface area contributed by atoms with E-state index in [2.05, 4.69) is 4.99 Å². The zero-order valence-corrected chi connectivity index (χ0v) is 11.8. The normalized spacial score (nSPS) is 18.3. The van der Waals surface area contributed by atoms with Crippen molar-refractivity contribution in [2.45, 2.75) is 6.92 Å². The van der Waals surface area contributed by atoms with Crippen molar-refractivity contribution in [2.75, 3.05) is 6.26 Å². The summed E-state index contributed by atoms with van der Waals surface area (Å²) in [6.45, 7) is 1.98. The Hall–Kier alpha value is -1.26. The molecule has 0 N–H and O–H groups in total. The van der Waals surface area contributed by atoms with E-state index in [9.17, 15) is 4.79 Å². The van der Waals surface area contributed by atoms with Gasteiger partial charge in [-0.2, -0.15) is 0 Å². The van der Waals surface area contributed by atoms with Gasteiger partial charge in [0.15, 0.2) is 0 Å². The number of carbonyl (C=O) groups is 1. The molecule has 1 aromatic rings. The summed E-state index contributed by atoms with van der Waals surface area (Å²) in [4.78, 5) is 16.0. The van der Waals surface area contributed by atoms with Crippen molar-refractivity contribution in [1.29, 1.82) is 0 Å². The second-order valence-electron chi connectivity index (χ2n) is 3.80. The maximum atomic E-state index is 11.7. The predicted molar refractivity (Wildman–Crippen MR) is 81.7 cm³/mol. The molecule has 0 aromatic heterocycles. The monoisotopic (exact) mass is 275 g/mol. The van der Waals surface area contributed by atoms with Crippen LogP contribution in [0.5, 0.6) is 0 Å². The van der Waals surface area contributed by atoms with E-state index in [0.717, 1.165) is 15.5 Å². The fraction of sp³-hybridized carbons (Fsp3) is 0.143. The number of carbonyl (C=O) groups excluding carboxylic acids is 1. The first-order valence-electron chi connectivity index (χ1n) is 5.49. The number of aliphatic imine (C=N–C) groups is 1. The Morgan fingerprint density at radius 1 is 1.33 bits per heavy atom. The average molecular weight is 275 g/mol. The van der Waals surface area contributed by atoms with Gasteiger partial charge in [-0.1, -0.05) is 36.4 Å². The topological polar surface area (TPSA) is 29.4 Å². The van der Waals surface area contributed by atoms with Crippen LogP contribution in [0.15, 0.2) is 52.7 Å². The highest BCUT2D eigenvalue weighted by atomic mass is 32.2. The van der Waals surface area contributed by atoms with Crippen LogP contribution in [0, 0.1) is 0 Å². The highest BCUT2D eigenvalue weighted by Crippen LogP contribution is 2.29. The third kappa shape index (κ3) is 3.37. The van der Waals surface area contributed by atoms with Gasteiger partial charge >= 0.3 is 0 Å². The van der Waals surface area contributed by atoms with Crippen LogP contribution in [-0.4, -0.2) is 15.7 Å². The Labute approximate surface area is 115 Å². The molecule has 1 heterocycles. The zero-order chi connectivity index (χ0) is 13.0. The third-order valence-corrected chi connectivity index (χ3v) is 4.18. The van der Waals surface area contributed by atoms with E-state index in [1.807, 2.05) is 55.7 Å². The Kier molecular flexibility index (Phi) is 4.44. The van der Waals surface area contributed by atoms with Gasteiger partial charge in [-0.3, -0.25) is 4.79 Å². The third-order valence-electron chi connectivity index (χ3n) is 2.33. The molecule has 0 spiro atoms. The summed E-state index contributed by atoms with van der Waals surface area (Å²) in [5.74, 6) is 0. The molecule has 0 saturated carbocycles. The predicted octanol–water partition coefficient (Wildman–Crippen LogP) is 3.97. The van der Waals surface area contributed by atoms with Gasteiger partial charge < -0.3 is 0 Å². The van der Waals surface area contributed by atoms with E-state index in [4.69, 9.17) is 0 Å². The van der Waals surface area contributed by atoms with Crippen LogP contribution in [0.25, 0.3) is 6.08 Å². The minimum Gasteiger partial charge on any atom is -0.279 e. The molecule has 1 aliphatic rings. The summed E-state index contributed by atoms with van der Waals surface area (Å²) in [5, 5.41) is 0.0279. The van der Waals surface area contributed by atoms with Gasteiger partial charge in [-0.25, -0.2) is 4.99 Å². The average Bonchev–Trinajstić information content (AvgIpc) is 2.71. The summed E-state index contributed by atoms with van der Waals surface area (Å²) >= 11 is 2.70. The lowest BCUT2D eigenvalue weighted by Gasteiger charge is -1.95. The maximum absolute atomic E-state index is 11.7. The number of hydrogen-bond donors (Lipinski definition) is 0. The summed E-state index contributed by atoms with van der Waals surface area (Å²) in [7, 11) is 0. The Morgan fingerprint density at radius 3 is 2.67 bits per heavy atom. The lowest BCUT2D eigenvalue weighted by atomic mass is 10.1. The fourth-order valence-electron chi connectivity index (χ4n) is 1.55. The molecule has 0 unspecified atom stereocenters. The highest BCUT2D eigenvalue weighted by molar-refractivity contribution is 8.45. The number of thioether (sulfide) groups is 2. The fourth-order valence-corrected chi connectivity index (χ4v) is 2.81. The van der Waals surface area contributed by atoms with Crippen molar-refractivity contribution in [3.05, 3.63) is 53.2 Å². The number of allylic oxidation sites excluding steroid dienone is 2. The molecule has 0 aliphatic carbocycles. The molecule has 92 valence electrons. The minimum atomic E-state index is 0.0279. The van der Waals surface area contributed by atoms with Crippen molar-refractivity contribution in [3.63, 3.8) is 0 Å². The molecule has 0 fully saturated rings. The van der Waals surface area contributed by atoms with Gasteiger partial charge in [0, 0.05) is 0 Å². The molecular formula is C14H13NOS2. The smallest absolute Gasteiger partial charge is 0.244 e. The summed E-state index contributed by atoms with van der Waals surface area (Å²) in [5.41, 5.74) is 2.68. The van der Waals surface area contributed by atoms with Gasteiger partial charge in [0.25, 0.3) is 0 Å². The Bertz CT molecular complexity index is 544. The summed E-state index contributed by atoms with van der Waals surface area (Å²) < 4.78 is 0.818. The van der Waals surface area contributed by atoms with Crippen molar-refractivity contribution < 1.29 is 4.79 Å². The van der Waals surface area contributed by atoms with Crippen LogP contribution in [0.2, 0.25) is 0 Å². The molecule has 0 saturated heterocycles. The largest absolute Gasteiger partial charge is 0.279 e. The number of hydrogen-bond acceptors (Lipinski definition) is 4. The minimum absolute atomic E-state index is 0.0279. The van der Waals surface area contributed by atoms with Crippen LogP contribution >= 0.6 is 23.5 Å². The molecule has 2 nitrogen and oxygen atoms in total. The second kappa shape index (κ2) is 6.07. The lowest BCUT2D eigenvalue weighted by molar-refractivity contribution is -0.107. The molecule has 0 bridgehead atoms. The summed E-state index contributed by atoms with van der Waals surface area (Å²) in [6.07, 6.45) is 5.80. The molecule has 18 heavy (non-hydrogen) atoms. The van der Waals surface area contributed by atoms with Crippen molar-refractivity contribution in [3.8, 4) is 0 Å². The van der Waals surface area contributed by atoms with Gasteiger partial charge in [0.2, 0.25) is 5.12 Å². The van der Waals surface area contributed by atoms with Gasteiger partial charge in [-0.15, -0.1) is 11.8 Å². The van der Waals surface area contributed by atoms with E-state index in [1.54, 1.807) is 0 Å². The van der Waals surface area contributed by atoms with Crippen LogP contribution < -0.4 is 0 Å². The van der Waals surface area contributed by atoms with Gasteiger partial charge in [0.05, 0.1) is 0 Å². The van der Waals surface area contributed by atoms with E-state index >= 15 is 0 Å². The highest BCUT2D eigenvalue weighted by Gasteiger charge is 2.20. The first-order chi connectivity index (χ1) is 8.69. The van der Waals surface area contributed by atoms with Crippen molar-refractivity contribution in [1.82, 2.24) is 0 Å². The number of benzene rings is 1. The molecule has 1 aliphatic heterocycles. The van der Waals surface area contributed by atoms with Crippen LogP contribution in [-0.2, 0) is 4.79 Å². The standard InChI is InChI=1S/C14H13NOS2/c1-10(8-11-6-4-3-5-7-11)9-12-13(16)18-14(15-12)17-2/h3-9H,1-2H3/b10-8+,12-9-. The molecule has 0 radical (unpaired) electrons. The van der Waals surface area contributed by atoms with E-state index < -0.39 is 0 Å². The van der Waals surface area contributed by atoms with Crippen molar-refractivity contribution >= 4 is 39.1 Å². The van der Waals surface area contributed by atoms with E-state index in [0.29, 0.717) is 5.70 Å². The van der Waals surface area contributed by atoms with E-state index in [-0.39, 0.29) is 5.12 Å². The van der Waals surface area contributed by atoms with E-state index in [1.165, 1.54) is 23.5 Å². The maximum Gasteiger partial charge on any atom is 0.244 e. The number of nitrogens with zero attached hydrogens (tertiary/aromatic N) is 1. The lowest BCUT2D eigenvalue weighted by Crippen LogP contribution is -1.88. The Morgan fingerprint density at radius 2 is 2.06 bits per heavy atom. The summed E-state index contributed by atoms with van der Waals surface area (Å²) in [6, 6.07) is 10.0. The van der Waals surface area contributed by atoms with Crippen LogP contribution in [0.3, 0.4) is 0 Å². The van der Waals surface area contributed by atoms with Gasteiger partial charge in [0.1, 0.15) is 10.1 Å². The quantitative estimate of drug-likeness (QED) is 0.765. The van der Waals surface area contributed by atoms with Gasteiger partial charge in [-0.05, 0) is 42.2 Å². The molecular weight excluding hydrogens is 262 g/mol.